The van der Waals surface area contributed by atoms with Crippen LogP contribution in [0.25, 0.3) is 0 Å². The molecule has 0 saturated carbocycles. The van der Waals surface area contributed by atoms with E-state index >= 15 is 0 Å². The summed E-state index contributed by atoms with van der Waals surface area (Å²) in [5, 5.41) is 1.08. The Kier molecular flexibility index (Phi) is 4.48. The molecule has 80 valence electrons. The molecule has 0 fully saturated rings. The second-order valence-electron chi connectivity index (χ2n) is 4.05. The van der Waals surface area contributed by atoms with Gasteiger partial charge in [0.15, 0.2) is 0 Å². The van der Waals surface area contributed by atoms with E-state index in [2.05, 4.69) is 30.1 Å². The summed E-state index contributed by atoms with van der Waals surface area (Å²) in [6.07, 6.45) is 2.84. The fourth-order valence-electron chi connectivity index (χ4n) is 1.43. The third kappa shape index (κ3) is 3.72. The molecule has 1 aromatic rings. The molecule has 0 radical (unpaired) electrons. The molecule has 4 heteroatoms. The molecule has 0 aromatic carbocycles. The van der Waals surface area contributed by atoms with Crippen molar-refractivity contribution in [1.82, 2.24) is 9.36 Å². The van der Waals surface area contributed by atoms with E-state index in [1.54, 1.807) is 0 Å². The molecule has 1 aromatic heterocycles. The van der Waals surface area contributed by atoms with Gasteiger partial charge in [-0.05, 0) is 23.9 Å². The maximum Gasteiger partial charge on any atom is 0.142 e. The Hall–Kier alpha value is -0.480. The van der Waals surface area contributed by atoms with Crippen LogP contribution in [0.5, 0.6) is 0 Å². The second kappa shape index (κ2) is 5.41. The van der Waals surface area contributed by atoms with E-state index < -0.39 is 0 Å². The first-order chi connectivity index (χ1) is 6.61. The van der Waals surface area contributed by atoms with Gasteiger partial charge in [0.25, 0.3) is 0 Å². The van der Waals surface area contributed by atoms with Gasteiger partial charge >= 0.3 is 0 Å². The number of hydrogen-bond donors (Lipinski definition) is 1. The van der Waals surface area contributed by atoms with Crippen molar-refractivity contribution in [1.29, 1.82) is 0 Å². The Morgan fingerprint density at radius 1 is 1.43 bits per heavy atom. The summed E-state index contributed by atoms with van der Waals surface area (Å²) >= 11 is 1.49. The lowest BCUT2D eigenvalue weighted by Crippen LogP contribution is -2.24. The van der Waals surface area contributed by atoms with Crippen molar-refractivity contribution in [2.75, 3.05) is 0 Å². The maximum atomic E-state index is 6.00. The van der Waals surface area contributed by atoms with E-state index in [0.29, 0.717) is 5.92 Å². The van der Waals surface area contributed by atoms with E-state index in [1.807, 2.05) is 0 Å². The van der Waals surface area contributed by atoms with E-state index in [0.717, 1.165) is 30.1 Å². The van der Waals surface area contributed by atoms with Crippen LogP contribution in [-0.4, -0.2) is 15.4 Å². The number of nitrogens with zero attached hydrogens (tertiary/aromatic N) is 2. The molecular weight excluding hydrogens is 194 g/mol. The molecule has 14 heavy (non-hydrogen) atoms. The third-order valence-electron chi connectivity index (χ3n) is 2.04. The van der Waals surface area contributed by atoms with Crippen LogP contribution < -0.4 is 5.73 Å². The van der Waals surface area contributed by atoms with E-state index in [9.17, 15) is 0 Å². The average molecular weight is 213 g/mol. The van der Waals surface area contributed by atoms with Crippen LogP contribution in [0.1, 0.15) is 38.0 Å². The molecule has 2 N–H and O–H groups in total. The van der Waals surface area contributed by atoms with Gasteiger partial charge in [-0.25, -0.2) is 4.98 Å². The summed E-state index contributed by atoms with van der Waals surface area (Å²) in [6.45, 7) is 6.45. The van der Waals surface area contributed by atoms with Crippen LogP contribution in [-0.2, 0) is 12.8 Å². The van der Waals surface area contributed by atoms with Crippen LogP contribution in [0.2, 0.25) is 0 Å². The van der Waals surface area contributed by atoms with Gasteiger partial charge in [-0.15, -0.1) is 0 Å². The number of aryl methyl sites for hydroxylation is 1. The fourth-order valence-corrected chi connectivity index (χ4v) is 2.25. The van der Waals surface area contributed by atoms with E-state index in [-0.39, 0.29) is 6.04 Å². The van der Waals surface area contributed by atoms with Gasteiger partial charge < -0.3 is 5.73 Å². The lowest BCUT2D eigenvalue weighted by molar-refractivity contribution is 0.492. The summed E-state index contributed by atoms with van der Waals surface area (Å²) in [7, 11) is 0. The van der Waals surface area contributed by atoms with Crippen LogP contribution in [0, 0.1) is 5.92 Å². The maximum absolute atomic E-state index is 6.00. The van der Waals surface area contributed by atoms with Crippen LogP contribution >= 0.6 is 11.5 Å². The Labute approximate surface area is 89.9 Å². The first-order valence-corrected chi connectivity index (χ1v) is 5.96. The molecule has 1 rings (SSSR count). The summed E-state index contributed by atoms with van der Waals surface area (Å²) in [5.74, 6) is 1.60. The Morgan fingerprint density at radius 2 is 2.14 bits per heavy atom. The molecule has 0 aliphatic carbocycles. The van der Waals surface area contributed by atoms with E-state index in [1.165, 1.54) is 11.5 Å². The van der Waals surface area contributed by atoms with Crippen molar-refractivity contribution in [2.45, 2.75) is 46.1 Å². The number of hydrogen-bond acceptors (Lipinski definition) is 4. The predicted molar refractivity (Wildman–Crippen MR) is 60.4 cm³/mol. The molecule has 0 aliphatic rings. The molecule has 0 saturated heterocycles. The van der Waals surface area contributed by atoms with Crippen molar-refractivity contribution in [3.8, 4) is 0 Å². The van der Waals surface area contributed by atoms with Gasteiger partial charge in [-0.3, -0.25) is 0 Å². The van der Waals surface area contributed by atoms with Gasteiger partial charge in [0.05, 0.1) is 0 Å². The highest BCUT2D eigenvalue weighted by molar-refractivity contribution is 7.05. The first kappa shape index (κ1) is 11.6. The Bertz CT molecular complexity index is 270. The van der Waals surface area contributed by atoms with Gasteiger partial charge in [-0.1, -0.05) is 20.8 Å². The van der Waals surface area contributed by atoms with Crippen molar-refractivity contribution in [2.24, 2.45) is 11.7 Å². The third-order valence-corrected chi connectivity index (χ3v) is 2.81. The Balaban J connectivity index is 2.43. The minimum absolute atomic E-state index is 0.229. The van der Waals surface area contributed by atoms with Crippen molar-refractivity contribution < 1.29 is 0 Å². The van der Waals surface area contributed by atoms with Gasteiger partial charge in [-0.2, -0.15) is 4.37 Å². The molecule has 0 bridgehead atoms. The van der Waals surface area contributed by atoms with Gasteiger partial charge in [0.2, 0.25) is 0 Å². The number of aromatic nitrogens is 2. The van der Waals surface area contributed by atoms with Crippen molar-refractivity contribution in [3.05, 3.63) is 10.8 Å². The van der Waals surface area contributed by atoms with Gasteiger partial charge in [0.1, 0.15) is 10.8 Å². The van der Waals surface area contributed by atoms with Crippen LogP contribution in [0.3, 0.4) is 0 Å². The standard InChI is InChI=1S/C10H19N3S/c1-4-9-12-10(14-13-9)6-8(11)5-7(2)3/h7-8H,4-6,11H2,1-3H3. The number of nitrogens with two attached hydrogens (primary N) is 1. The monoisotopic (exact) mass is 213 g/mol. The quantitative estimate of drug-likeness (QED) is 0.814. The zero-order chi connectivity index (χ0) is 10.6. The fraction of sp³-hybridized carbons (Fsp3) is 0.800. The molecule has 0 amide bonds. The summed E-state index contributed by atoms with van der Waals surface area (Å²) in [5.41, 5.74) is 6.00. The highest BCUT2D eigenvalue weighted by atomic mass is 32.1. The molecule has 0 spiro atoms. The predicted octanol–water partition coefficient (Wildman–Crippen LogP) is 2.02. The normalized spacial score (nSPS) is 13.5. The summed E-state index contributed by atoms with van der Waals surface area (Å²) in [6, 6.07) is 0.229. The molecule has 3 nitrogen and oxygen atoms in total. The minimum atomic E-state index is 0.229. The minimum Gasteiger partial charge on any atom is -0.327 e. The van der Waals surface area contributed by atoms with Crippen molar-refractivity contribution >= 4 is 11.5 Å². The highest BCUT2D eigenvalue weighted by Crippen LogP contribution is 2.11. The summed E-state index contributed by atoms with van der Waals surface area (Å²) in [4.78, 5) is 4.40. The lowest BCUT2D eigenvalue weighted by Gasteiger charge is -2.11. The van der Waals surface area contributed by atoms with Crippen molar-refractivity contribution in [3.63, 3.8) is 0 Å². The molecular formula is C10H19N3S. The van der Waals surface area contributed by atoms with Gasteiger partial charge in [0, 0.05) is 18.9 Å². The first-order valence-electron chi connectivity index (χ1n) is 5.18. The largest absolute Gasteiger partial charge is 0.327 e. The Morgan fingerprint density at radius 3 is 2.64 bits per heavy atom. The molecule has 1 atom stereocenters. The van der Waals surface area contributed by atoms with E-state index in [4.69, 9.17) is 5.73 Å². The summed E-state index contributed by atoms with van der Waals surface area (Å²) < 4.78 is 4.24. The lowest BCUT2D eigenvalue weighted by atomic mass is 10.0. The smallest absolute Gasteiger partial charge is 0.142 e. The highest BCUT2D eigenvalue weighted by Gasteiger charge is 2.10. The van der Waals surface area contributed by atoms with Crippen LogP contribution in [0.15, 0.2) is 0 Å². The molecule has 1 unspecified atom stereocenters. The SMILES string of the molecule is CCc1nsc(CC(N)CC(C)C)n1. The topological polar surface area (TPSA) is 51.8 Å². The average Bonchev–Trinajstić information content (AvgIpc) is 2.50. The zero-order valence-electron chi connectivity index (χ0n) is 9.16. The molecule has 0 aliphatic heterocycles. The zero-order valence-corrected chi connectivity index (χ0v) is 9.97. The second-order valence-corrected chi connectivity index (χ2v) is 4.89. The molecule has 1 heterocycles. The van der Waals surface area contributed by atoms with Crippen LogP contribution in [0.4, 0.5) is 0 Å². The number of rotatable bonds is 5.